The molecule has 6 heteroatoms. The van der Waals surface area contributed by atoms with Crippen LogP contribution in [0.5, 0.6) is 0 Å². The molecule has 0 aliphatic heterocycles. The van der Waals surface area contributed by atoms with Gasteiger partial charge in [0.2, 0.25) is 0 Å². The van der Waals surface area contributed by atoms with E-state index in [0.717, 1.165) is 12.8 Å². The van der Waals surface area contributed by atoms with Crippen molar-refractivity contribution in [2.45, 2.75) is 84.0 Å². The summed E-state index contributed by atoms with van der Waals surface area (Å²) in [6, 6.07) is 0. The predicted molar refractivity (Wildman–Crippen MR) is 94.6 cm³/mol. The fourth-order valence-electron chi connectivity index (χ4n) is 2.85. The molecule has 0 saturated carbocycles. The number of hydrogen-bond acceptors (Lipinski definition) is 5. The van der Waals surface area contributed by atoms with Gasteiger partial charge in [-0.25, -0.2) is 0 Å². The smallest absolute Gasteiger partial charge is 0.549 e. The molecule has 0 radical (unpaired) electrons. The van der Waals surface area contributed by atoms with Crippen LogP contribution < -0.4 is 34.7 Å². The Labute approximate surface area is 175 Å². The third-order valence-electron chi connectivity index (χ3n) is 4.26. The Morgan fingerprint density at radius 1 is 0.840 bits per heavy atom. The Morgan fingerprint density at radius 3 is 1.88 bits per heavy atom. The predicted octanol–water partition coefficient (Wildman–Crippen LogP) is -0.695. The molecule has 0 bridgehead atoms. The molecule has 142 valence electrons. The van der Waals surface area contributed by atoms with Crippen molar-refractivity contribution in [2.24, 2.45) is 0 Å². The van der Waals surface area contributed by atoms with Crippen molar-refractivity contribution in [1.82, 2.24) is 4.90 Å². The molecule has 0 aromatic carbocycles. The summed E-state index contributed by atoms with van der Waals surface area (Å²) in [5.41, 5.74) is 0. The summed E-state index contributed by atoms with van der Waals surface area (Å²) in [6.45, 7) is 2.77. The van der Waals surface area contributed by atoms with Crippen molar-refractivity contribution >= 4 is 11.8 Å². The van der Waals surface area contributed by atoms with Gasteiger partial charge in [-0.15, -0.1) is 0 Å². The molecule has 0 atom stereocenters. The van der Waals surface area contributed by atoms with Gasteiger partial charge in [-0.05, 0) is 19.4 Å². The van der Waals surface area contributed by atoms with Gasteiger partial charge >= 0.3 is 29.6 Å². The number of carbonyl (C=O) groups excluding carboxylic acids is 2. The minimum Gasteiger partial charge on any atom is -0.549 e. The second kappa shape index (κ2) is 20.4. The van der Waals surface area contributed by atoms with Gasteiger partial charge < -0.3 is 15.0 Å². The normalized spacial score (nSPS) is 10.7. The number of carboxylic acids is 1. The van der Waals surface area contributed by atoms with Gasteiger partial charge in [0, 0.05) is 25.9 Å². The minimum absolute atomic E-state index is 0. The molecule has 25 heavy (non-hydrogen) atoms. The molecule has 0 aromatic rings. The van der Waals surface area contributed by atoms with E-state index in [4.69, 9.17) is 5.11 Å². The minimum atomic E-state index is -1.15. The Morgan fingerprint density at radius 2 is 1.36 bits per heavy atom. The van der Waals surface area contributed by atoms with Crippen LogP contribution >= 0.6 is 0 Å². The third-order valence-corrected chi connectivity index (χ3v) is 4.26. The number of ketones is 1. The van der Waals surface area contributed by atoms with E-state index in [-0.39, 0.29) is 48.5 Å². The Kier molecular flexibility index (Phi) is 22.2. The second-order valence-corrected chi connectivity index (χ2v) is 6.59. The summed E-state index contributed by atoms with van der Waals surface area (Å²) in [7, 11) is 0. The maximum absolute atomic E-state index is 11.8. The standard InChI is InChI=1S/C19H37NO4.Na/c1-2-3-4-5-6-7-8-9-10-12-18(22)13-11-14-20(15-16-21)17-19(23)24;/h21H,2-17H2,1H3,(H,23,24);/q;+1/p-1. The van der Waals surface area contributed by atoms with E-state index in [9.17, 15) is 14.7 Å². The number of nitrogens with zero attached hydrogens (tertiary/aromatic N) is 1. The zero-order chi connectivity index (χ0) is 18.0. The van der Waals surface area contributed by atoms with E-state index < -0.39 is 5.97 Å². The number of hydrogen-bond donors (Lipinski definition) is 1. The molecule has 0 fully saturated rings. The number of aliphatic hydroxyl groups is 1. The second-order valence-electron chi connectivity index (χ2n) is 6.59. The average molecular weight is 365 g/mol. The molecule has 0 heterocycles. The molecule has 0 amide bonds. The van der Waals surface area contributed by atoms with E-state index in [2.05, 4.69) is 6.92 Å². The topological polar surface area (TPSA) is 80.7 Å². The number of aliphatic carboxylic acids is 1. The maximum atomic E-state index is 11.8. The summed E-state index contributed by atoms with van der Waals surface area (Å²) in [4.78, 5) is 24.0. The van der Waals surface area contributed by atoms with Gasteiger partial charge in [-0.3, -0.25) is 9.69 Å². The fraction of sp³-hybridized carbons (Fsp3) is 0.895. The first-order chi connectivity index (χ1) is 11.6. The van der Waals surface area contributed by atoms with Gasteiger partial charge in [0.15, 0.2) is 0 Å². The number of Topliss-reactive ketones (excluding diaryl/α,β-unsaturated/α-hetero) is 1. The van der Waals surface area contributed by atoms with Crippen LogP contribution in [0, 0.1) is 0 Å². The van der Waals surface area contributed by atoms with E-state index in [1.54, 1.807) is 4.90 Å². The number of unbranched alkanes of at least 4 members (excludes halogenated alkanes) is 8. The first-order valence-corrected chi connectivity index (χ1v) is 9.65. The molecule has 0 unspecified atom stereocenters. The Balaban J connectivity index is 0. The van der Waals surface area contributed by atoms with Crippen molar-refractivity contribution in [3.05, 3.63) is 0 Å². The molecule has 0 aromatic heterocycles. The van der Waals surface area contributed by atoms with Crippen molar-refractivity contribution in [1.29, 1.82) is 0 Å². The summed E-state index contributed by atoms with van der Waals surface area (Å²) >= 11 is 0. The van der Waals surface area contributed by atoms with E-state index in [0.29, 0.717) is 32.4 Å². The molecule has 0 spiro atoms. The van der Waals surface area contributed by atoms with Crippen LogP contribution in [-0.4, -0.2) is 48.0 Å². The van der Waals surface area contributed by atoms with Crippen LogP contribution in [0.3, 0.4) is 0 Å². The van der Waals surface area contributed by atoms with Crippen LogP contribution in [0.2, 0.25) is 0 Å². The molecule has 5 nitrogen and oxygen atoms in total. The van der Waals surface area contributed by atoms with Crippen molar-refractivity contribution in [3.8, 4) is 0 Å². The van der Waals surface area contributed by atoms with E-state index in [1.165, 1.54) is 44.9 Å². The van der Waals surface area contributed by atoms with Crippen molar-refractivity contribution < 1.29 is 49.4 Å². The van der Waals surface area contributed by atoms with E-state index >= 15 is 0 Å². The van der Waals surface area contributed by atoms with Crippen LogP contribution in [0.4, 0.5) is 0 Å². The molecule has 0 saturated heterocycles. The van der Waals surface area contributed by atoms with Crippen molar-refractivity contribution in [3.63, 3.8) is 0 Å². The van der Waals surface area contributed by atoms with Crippen LogP contribution in [0.25, 0.3) is 0 Å². The van der Waals surface area contributed by atoms with Gasteiger partial charge in [-0.1, -0.05) is 58.3 Å². The van der Waals surface area contributed by atoms with E-state index in [1.807, 2.05) is 0 Å². The zero-order valence-electron chi connectivity index (χ0n) is 16.4. The molecule has 1 N–H and O–H groups in total. The first-order valence-electron chi connectivity index (χ1n) is 9.65. The summed E-state index contributed by atoms with van der Waals surface area (Å²) in [5, 5.41) is 19.5. The van der Waals surface area contributed by atoms with Gasteiger partial charge in [0.1, 0.15) is 5.78 Å². The largest absolute Gasteiger partial charge is 1.00 e. The average Bonchev–Trinajstić information content (AvgIpc) is 2.53. The van der Waals surface area contributed by atoms with Crippen LogP contribution in [0.1, 0.15) is 84.0 Å². The molecule has 0 rings (SSSR count). The summed E-state index contributed by atoms with van der Waals surface area (Å²) in [5.74, 6) is -0.889. The van der Waals surface area contributed by atoms with Crippen LogP contribution in [-0.2, 0) is 9.59 Å². The summed E-state index contributed by atoms with van der Waals surface area (Å²) in [6.07, 6.45) is 13.0. The summed E-state index contributed by atoms with van der Waals surface area (Å²) < 4.78 is 0. The number of rotatable bonds is 18. The van der Waals surface area contributed by atoms with Gasteiger partial charge in [0.25, 0.3) is 0 Å². The Hall–Kier alpha value is 0.0600. The quantitative estimate of drug-likeness (QED) is 0.257. The van der Waals surface area contributed by atoms with Gasteiger partial charge in [0.05, 0.1) is 12.6 Å². The van der Waals surface area contributed by atoms with Crippen LogP contribution in [0.15, 0.2) is 0 Å². The molecule has 0 aliphatic rings. The first kappa shape index (κ1) is 27.3. The Bertz CT molecular complexity index is 327. The molecule has 0 aliphatic carbocycles. The molecular formula is C19H36NNaO4. The van der Waals surface area contributed by atoms with Gasteiger partial charge in [-0.2, -0.15) is 0 Å². The maximum Gasteiger partial charge on any atom is 1.00 e. The fourth-order valence-corrected chi connectivity index (χ4v) is 2.85. The number of carboxylic acid groups (broad SMARTS) is 1. The number of carbonyl (C=O) groups is 2. The third kappa shape index (κ3) is 20.2. The number of aliphatic hydroxyl groups excluding tert-OH is 1. The SMILES string of the molecule is CCCCCCCCCCCC(=O)CCCN(CCO)CC(=O)[O-].[Na+]. The van der Waals surface area contributed by atoms with Crippen molar-refractivity contribution in [2.75, 3.05) is 26.2 Å². The monoisotopic (exact) mass is 365 g/mol. The zero-order valence-corrected chi connectivity index (χ0v) is 18.4. The molecular weight excluding hydrogens is 329 g/mol.